The van der Waals surface area contributed by atoms with Gasteiger partial charge in [0.25, 0.3) is 0 Å². The highest BCUT2D eigenvalue weighted by molar-refractivity contribution is 7.47. The third-order valence-corrected chi connectivity index (χ3v) is 21.3. The van der Waals surface area contributed by atoms with Crippen LogP contribution in [0.25, 0.3) is 0 Å². The van der Waals surface area contributed by atoms with E-state index in [2.05, 4.69) is 27.7 Å². The molecule has 0 rings (SSSR count). The van der Waals surface area contributed by atoms with Gasteiger partial charge in [-0.1, -0.05) is 394 Å². The Morgan fingerprint density at radius 2 is 0.396 bits per heavy atom. The maximum absolute atomic E-state index is 13.1. The molecule has 3 N–H and O–H groups in total. The average molecular weight is 1480 g/mol. The predicted octanol–water partition coefficient (Wildman–Crippen LogP) is 25.0. The van der Waals surface area contributed by atoms with Crippen molar-refractivity contribution in [2.75, 3.05) is 39.6 Å². The molecule has 0 saturated heterocycles. The van der Waals surface area contributed by atoms with Crippen molar-refractivity contribution < 1.29 is 80.2 Å². The topological polar surface area (TPSA) is 237 Å². The minimum Gasteiger partial charge on any atom is -0.462 e. The van der Waals surface area contributed by atoms with Gasteiger partial charge in [-0.3, -0.25) is 37.3 Å². The first-order valence-electron chi connectivity index (χ1n) is 42.8. The van der Waals surface area contributed by atoms with Gasteiger partial charge >= 0.3 is 39.5 Å². The summed E-state index contributed by atoms with van der Waals surface area (Å²) in [6.07, 6.45) is 69.6. The van der Waals surface area contributed by atoms with Crippen molar-refractivity contribution in [3.05, 3.63) is 0 Å². The molecule has 0 aromatic carbocycles. The van der Waals surface area contributed by atoms with Crippen LogP contribution in [-0.4, -0.2) is 96.7 Å². The number of phosphoric acid groups is 2. The van der Waals surface area contributed by atoms with Gasteiger partial charge < -0.3 is 33.8 Å². The molecule has 19 heteroatoms. The van der Waals surface area contributed by atoms with Crippen molar-refractivity contribution in [3.63, 3.8) is 0 Å². The van der Waals surface area contributed by atoms with Gasteiger partial charge in [0, 0.05) is 25.7 Å². The lowest BCUT2D eigenvalue weighted by molar-refractivity contribution is -0.161. The van der Waals surface area contributed by atoms with Crippen molar-refractivity contribution in [3.8, 4) is 0 Å². The van der Waals surface area contributed by atoms with E-state index in [4.69, 9.17) is 37.0 Å². The Morgan fingerprint density at radius 1 is 0.238 bits per heavy atom. The van der Waals surface area contributed by atoms with Gasteiger partial charge in [-0.2, -0.15) is 0 Å². The van der Waals surface area contributed by atoms with Crippen molar-refractivity contribution in [1.29, 1.82) is 0 Å². The van der Waals surface area contributed by atoms with E-state index < -0.39 is 97.5 Å². The Morgan fingerprint density at radius 3 is 0.584 bits per heavy atom. The monoisotopic (exact) mass is 1480 g/mol. The molecule has 0 saturated carbocycles. The summed E-state index contributed by atoms with van der Waals surface area (Å²) in [5.74, 6) is -2.11. The molecule has 0 aromatic rings. The maximum atomic E-state index is 13.1. The molecular weight excluding hydrogens is 1320 g/mol. The molecule has 5 atom stereocenters. The Labute approximate surface area is 619 Å². The van der Waals surface area contributed by atoms with E-state index in [1.54, 1.807) is 0 Å². The number of unbranched alkanes of at least 4 members (excludes halogenated alkanes) is 57. The number of carbonyl (C=O) groups excluding carboxylic acids is 4. The van der Waals surface area contributed by atoms with E-state index >= 15 is 0 Å². The van der Waals surface area contributed by atoms with Crippen LogP contribution in [-0.2, 0) is 65.4 Å². The van der Waals surface area contributed by atoms with Crippen LogP contribution in [0.15, 0.2) is 0 Å². The molecule has 2 unspecified atom stereocenters. The number of phosphoric ester groups is 2. The first-order valence-corrected chi connectivity index (χ1v) is 45.8. The summed E-state index contributed by atoms with van der Waals surface area (Å²) in [6.45, 7) is 4.99. The molecule has 0 radical (unpaired) electrons. The highest BCUT2D eigenvalue weighted by Crippen LogP contribution is 2.45. The Kier molecular flexibility index (Phi) is 74.8. The van der Waals surface area contributed by atoms with Gasteiger partial charge in [-0.25, -0.2) is 9.13 Å². The summed E-state index contributed by atoms with van der Waals surface area (Å²) < 4.78 is 68.6. The van der Waals surface area contributed by atoms with Crippen molar-refractivity contribution in [2.24, 2.45) is 0 Å². The second kappa shape index (κ2) is 76.3. The summed E-state index contributed by atoms with van der Waals surface area (Å²) in [7, 11) is -9.91. The lowest BCUT2D eigenvalue weighted by Crippen LogP contribution is -2.30. The molecule has 101 heavy (non-hydrogen) atoms. The van der Waals surface area contributed by atoms with Crippen LogP contribution in [0, 0.1) is 0 Å². The van der Waals surface area contributed by atoms with Gasteiger partial charge in [0.2, 0.25) is 0 Å². The lowest BCUT2D eigenvalue weighted by atomic mass is 10.0. The largest absolute Gasteiger partial charge is 0.472 e. The number of aliphatic hydroxyl groups excluding tert-OH is 1. The molecular formula is C82H160O17P2. The van der Waals surface area contributed by atoms with E-state index in [-0.39, 0.29) is 25.7 Å². The lowest BCUT2D eigenvalue weighted by Gasteiger charge is -2.21. The Bertz CT molecular complexity index is 1910. The standard InChI is InChI=1S/C82H160O17P2/c1-5-9-13-17-21-24-27-30-33-36-38-39-41-44-47-50-53-57-61-65-69-82(87)99-78(73-93-80(85)67-63-59-55-51-48-45-43-40-37-34-31-28-25-22-18-14-10-6-2)75-97-101(90,91)95-71-76(83)70-94-100(88,89)96-74-77(72-92-79(84)66-62-58-54-20-16-12-8-4)98-81(86)68-64-60-56-52-49-46-42-35-32-29-26-23-19-15-11-7-3/h76-78,83H,5-75H2,1-4H3,(H,88,89)(H,90,91)/t76-,77+,78+/m0/s1. The zero-order valence-corrected chi connectivity index (χ0v) is 67.7. The highest BCUT2D eigenvalue weighted by atomic mass is 31.2. The fourth-order valence-electron chi connectivity index (χ4n) is 12.8. The highest BCUT2D eigenvalue weighted by Gasteiger charge is 2.30. The molecule has 0 heterocycles. The van der Waals surface area contributed by atoms with Crippen LogP contribution < -0.4 is 0 Å². The first kappa shape index (κ1) is 99.1. The molecule has 0 aliphatic heterocycles. The second-order valence-electron chi connectivity index (χ2n) is 29.5. The number of aliphatic hydroxyl groups is 1. The molecule has 600 valence electrons. The summed E-state index contributed by atoms with van der Waals surface area (Å²) >= 11 is 0. The van der Waals surface area contributed by atoms with Gasteiger partial charge in [0.05, 0.1) is 26.4 Å². The quantitative estimate of drug-likeness (QED) is 0.0222. The maximum Gasteiger partial charge on any atom is 0.472 e. The van der Waals surface area contributed by atoms with Crippen LogP contribution in [0.4, 0.5) is 0 Å². The zero-order chi connectivity index (χ0) is 73.9. The van der Waals surface area contributed by atoms with E-state index in [0.29, 0.717) is 25.7 Å². The van der Waals surface area contributed by atoms with Crippen molar-refractivity contribution in [1.82, 2.24) is 0 Å². The zero-order valence-electron chi connectivity index (χ0n) is 65.9. The number of hydrogen-bond acceptors (Lipinski definition) is 15. The van der Waals surface area contributed by atoms with Gasteiger partial charge in [0.15, 0.2) is 12.2 Å². The third-order valence-electron chi connectivity index (χ3n) is 19.4. The summed E-state index contributed by atoms with van der Waals surface area (Å²) in [5, 5.41) is 10.6. The molecule has 0 amide bonds. The normalized spacial score (nSPS) is 13.8. The summed E-state index contributed by atoms with van der Waals surface area (Å²) in [4.78, 5) is 72.9. The molecule has 0 bridgehead atoms. The number of carbonyl (C=O) groups is 4. The van der Waals surface area contributed by atoms with Crippen molar-refractivity contribution in [2.45, 2.75) is 463 Å². The fraction of sp³-hybridized carbons (Fsp3) is 0.951. The Hall–Kier alpha value is -1.94. The van der Waals surface area contributed by atoms with Crippen LogP contribution >= 0.6 is 15.6 Å². The van der Waals surface area contributed by atoms with Crippen LogP contribution in [0.5, 0.6) is 0 Å². The van der Waals surface area contributed by atoms with Crippen LogP contribution in [0.3, 0.4) is 0 Å². The minimum absolute atomic E-state index is 0.109. The van der Waals surface area contributed by atoms with E-state index in [9.17, 15) is 43.2 Å². The SMILES string of the molecule is CCCCCCCCCCCCCCCCCCCCCCC(=O)O[C@H](COC(=O)CCCCCCCCCCCCCCCCCCCC)COP(=O)(O)OC[C@@H](O)COP(=O)(O)OC[C@@H](COC(=O)CCCCCCCCC)OC(=O)CCCCCCCCCCCCCCCCCC. The summed E-state index contributed by atoms with van der Waals surface area (Å²) in [6, 6.07) is 0. The van der Waals surface area contributed by atoms with Gasteiger partial charge in [-0.15, -0.1) is 0 Å². The van der Waals surface area contributed by atoms with Gasteiger partial charge in [0.1, 0.15) is 19.3 Å². The number of rotatable bonds is 83. The van der Waals surface area contributed by atoms with E-state index in [1.165, 1.54) is 263 Å². The molecule has 0 aromatic heterocycles. The van der Waals surface area contributed by atoms with Crippen LogP contribution in [0.2, 0.25) is 0 Å². The number of hydrogen-bond donors (Lipinski definition) is 3. The first-order chi connectivity index (χ1) is 49.2. The third kappa shape index (κ3) is 76.1. The molecule has 17 nitrogen and oxygen atoms in total. The van der Waals surface area contributed by atoms with Gasteiger partial charge in [-0.05, 0) is 25.7 Å². The van der Waals surface area contributed by atoms with E-state index in [1.807, 2.05) is 0 Å². The average Bonchev–Trinajstić information content (AvgIpc) is 0.957. The van der Waals surface area contributed by atoms with E-state index in [0.717, 1.165) is 103 Å². The Balaban J connectivity index is 5.17. The van der Waals surface area contributed by atoms with Crippen molar-refractivity contribution >= 4 is 39.5 Å². The predicted molar refractivity (Wildman–Crippen MR) is 414 cm³/mol. The second-order valence-corrected chi connectivity index (χ2v) is 32.4. The fourth-order valence-corrected chi connectivity index (χ4v) is 14.4. The molecule has 0 aliphatic carbocycles. The van der Waals surface area contributed by atoms with Crippen LogP contribution in [0.1, 0.15) is 445 Å². The number of ether oxygens (including phenoxy) is 4. The molecule has 0 spiro atoms. The smallest absolute Gasteiger partial charge is 0.462 e. The summed E-state index contributed by atoms with van der Waals surface area (Å²) in [5.41, 5.74) is 0. The molecule has 0 aliphatic rings. The molecule has 0 fully saturated rings. The number of esters is 4. The minimum atomic E-state index is -4.96.